The van der Waals surface area contributed by atoms with Crippen molar-refractivity contribution in [1.82, 2.24) is 15.1 Å². The summed E-state index contributed by atoms with van der Waals surface area (Å²) >= 11 is 0. The monoisotopic (exact) mass is 316 g/mol. The zero-order valence-corrected chi connectivity index (χ0v) is 13.3. The van der Waals surface area contributed by atoms with Crippen molar-refractivity contribution in [2.24, 2.45) is 0 Å². The third-order valence-electron chi connectivity index (χ3n) is 4.02. The van der Waals surface area contributed by atoms with Gasteiger partial charge in [-0.15, -0.1) is 0 Å². The van der Waals surface area contributed by atoms with Crippen molar-refractivity contribution in [1.29, 1.82) is 0 Å². The molecule has 0 aromatic carbocycles. The maximum Gasteiger partial charge on any atom is 0.354 e. The second-order valence-corrected chi connectivity index (χ2v) is 6.12. The largest absolute Gasteiger partial charge is 0.477 e. The lowest BCUT2D eigenvalue weighted by molar-refractivity contribution is 0.0690. The van der Waals surface area contributed by atoms with Gasteiger partial charge in [-0.25, -0.2) is 9.78 Å². The highest BCUT2D eigenvalue weighted by Gasteiger charge is 2.27. The minimum Gasteiger partial charge on any atom is -0.477 e. The van der Waals surface area contributed by atoms with Crippen LogP contribution in [0.5, 0.6) is 0 Å². The van der Waals surface area contributed by atoms with Gasteiger partial charge in [0.2, 0.25) is 5.89 Å². The van der Waals surface area contributed by atoms with Gasteiger partial charge in [0, 0.05) is 24.9 Å². The first-order valence-electron chi connectivity index (χ1n) is 7.83. The van der Waals surface area contributed by atoms with Crippen LogP contribution in [-0.4, -0.2) is 39.3 Å². The van der Waals surface area contributed by atoms with Crippen LogP contribution >= 0.6 is 0 Å². The molecule has 0 radical (unpaired) electrons. The van der Waals surface area contributed by atoms with E-state index in [0.29, 0.717) is 18.3 Å². The number of hydrogen-bond acceptors (Lipinski definition) is 6. The summed E-state index contributed by atoms with van der Waals surface area (Å²) in [6, 6.07) is 5.06. The molecular weight excluding hydrogens is 296 g/mol. The van der Waals surface area contributed by atoms with Gasteiger partial charge >= 0.3 is 5.97 Å². The van der Waals surface area contributed by atoms with Crippen LogP contribution in [0.1, 0.15) is 60.7 Å². The summed E-state index contributed by atoms with van der Waals surface area (Å²) in [4.78, 5) is 21.9. The predicted molar refractivity (Wildman–Crippen MR) is 83.8 cm³/mol. The fraction of sp³-hybridized carbons (Fsp3) is 0.500. The predicted octanol–water partition coefficient (Wildman–Crippen LogP) is 2.67. The van der Waals surface area contributed by atoms with E-state index in [1.165, 1.54) is 6.07 Å². The fourth-order valence-electron chi connectivity index (χ4n) is 2.76. The normalized spacial score (nSPS) is 18.4. The minimum atomic E-state index is -1.01. The van der Waals surface area contributed by atoms with Crippen molar-refractivity contribution in [2.45, 2.75) is 38.5 Å². The van der Waals surface area contributed by atoms with Crippen molar-refractivity contribution in [3.8, 4) is 0 Å². The Kier molecular flexibility index (Phi) is 4.27. The van der Waals surface area contributed by atoms with Crippen molar-refractivity contribution in [3.63, 3.8) is 0 Å². The molecule has 3 rings (SSSR count). The van der Waals surface area contributed by atoms with Crippen LogP contribution in [0, 0.1) is 0 Å². The Morgan fingerprint density at radius 3 is 2.91 bits per heavy atom. The van der Waals surface area contributed by atoms with Crippen LogP contribution in [0.25, 0.3) is 0 Å². The molecule has 0 saturated carbocycles. The summed E-state index contributed by atoms with van der Waals surface area (Å²) in [5, 5.41) is 13.2. The Bertz CT molecular complexity index is 698. The number of aromatic nitrogens is 3. The van der Waals surface area contributed by atoms with Gasteiger partial charge in [-0.2, -0.15) is 4.98 Å². The number of carboxylic acids is 1. The number of nitrogens with zero attached hydrogens (tertiary/aromatic N) is 4. The molecule has 2 aromatic heterocycles. The summed E-state index contributed by atoms with van der Waals surface area (Å²) in [5.41, 5.74) is 0.0614. The SMILES string of the molecule is CC(C)c1nc(C2CCCN(c3cccc(C(=O)O)n3)C2)no1. The van der Waals surface area contributed by atoms with Crippen LogP contribution in [0.4, 0.5) is 5.82 Å². The van der Waals surface area contributed by atoms with Crippen LogP contribution in [0.3, 0.4) is 0 Å². The third-order valence-corrected chi connectivity index (χ3v) is 4.02. The molecule has 7 nitrogen and oxygen atoms in total. The second kappa shape index (κ2) is 6.36. The quantitative estimate of drug-likeness (QED) is 0.927. The lowest BCUT2D eigenvalue weighted by atomic mass is 9.97. The van der Waals surface area contributed by atoms with Crippen molar-refractivity contribution in [2.75, 3.05) is 18.0 Å². The van der Waals surface area contributed by atoms with Crippen molar-refractivity contribution >= 4 is 11.8 Å². The molecule has 1 saturated heterocycles. The van der Waals surface area contributed by atoms with E-state index in [0.717, 1.165) is 25.2 Å². The summed E-state index contributed by atoms with van der Waals surface area (Å²) < 4.78 is 5.30. The van der Waals surface area contributed by atoms with Crippen molar-refractivity contribution < 1.29 is 14.4 Å². The maximum absolute atomic E-state index is 11.1. The van der Waals surface area contributed by atoms with Gasteiger partial charge in [-0.1, -0.05) is 25.1 Å². The van der Waals surface area contributed by atoms with E-state index in [-0.39, 0.29) is 17.5 Å². The Balaban J connectivity index is 1.77. The molecule has 0 aliphatic carbocycles. The number of aromatic carboxylic acids is 1. The smallest absolute Gasteiger partial charge is 0.354 e. The van der Waals surface area contributed by atoms with Crippen LogP contribution in [0.15, 0.2) is 22.7 Å². The molecule has 1 aliphatic rings. The Hall–Kier alpha value is -2.44. The van der Waals surface area contributed by atoms with Gasteiger partial charge < -0.3 is 14.5 Å². The van der Waals surface area contributed by atoms with Crippen LogP contribution in [0.2, 0.25) is 0 Å². The van der Waals surface area contributed by atoms with Crippen LogP contribution < -0.4 is 4.90 Å². The van der Waals surface area contributed by atoms with E-state index in [1.807, 2.05) is 19.9 Å². The molecule has 1 aliphatic heterocycles. The molecule has 1 fully saturated rings. The fourth-order valence-corrected chi connectivity index (χ4v) is 2.76. The molecule has 1 atom stereocenters. The molecule has 3 heterocycles. The Morgan fingerprint density at radius 1 is 1.39 bits per heavy atom. The number of carbonyl (C=O) groups is 1. The van der Waals surface area contributed by atoms with Gasteiger partial charge in [0.05, 0.1) is 0 Å². The summed E-state index contributed by atoms with van der Waals surface area (Å²) in [5.74, 6) is 1.44. The molecule has 23 heavy (non-hydrogen) atoms. The molecule has 1 unspecified atom stereocenters. The number of anilines is 1. The highest BCUT2D eigenvalue weighted by Crippen LogP contribution is 2.28. The lowest BCUT2D eigenvalue weighted by Gasteiger charge is -2.32. The molecule has 0 amide bonds. The average molecular weight is 316 g/mol. The second-order valence-electron chi connectivity index (χ2n) is 6.12. The van der Waals surface area contributed by atoms with E-state index >= 15 is 0 Å². The van der Waals surface area contributed by atoms with Gasteiger partial charge in [-0.3, -0.25) is 0 Å². The molecule has 0 bridgehead atoms. The number of piperidine rings is 1. The maximum atomic E-state index is 11.1. The lowest BCUT2D eigenvalue weighted by Crippen LogP contribution is -2.35. The first-order valence-corrected chi connectivity index (χ1v) is 7.83. The summed E-state index contributed by atoms with van der Waals surface area (Å²) in [6.45, 7) is 5.60. The third kappa shape index (κ3) is 3.33. The molecule has 1 N–H and O–H groups in total. The minimum absolute atomic E-state index is 0.0614. The topological polar surface area (TPSA) is 92.4 Å². The Morgan fingerprint density at radius 2 is 2.22 bits per heavy atom. The van der Waals surface area contributed by atoms with Gasteiger partial charge in [0.1, 0.15) is 5.82 Å². The van der Waals surface area contributed by atoms with Gasteiger partial charge in [-0.05, 0) is 25.0 Å². The number of carboxylic acid groups (broad SMARTS) is 1. The molecule has 7 heteroatoms. The highest BCUT2D eigenvalue weighted by molar-refractivity contribution is 5.85. The number of rotatable bonds is 4. The molecule has 0 spiro atoms. The molecule has 2 aromatic rings. The van der Waals surface area contributed by atoms with E-state index in [4.69, 9.17) is 9.63 Å². The average Bonchev–Trinajstić information content (AvgIpc) is 3.05. The number of hydrogen-bond donors (Lipinski definition) is 1. The van der Waals surface area contributed by atoms with Gasteiger partial charge in [0.25, 0.3) is 0 Å². The molecule has 122 valence electrons. The van der Waals surface area contributed by atoms with Crippen LogP contribution in [-0.2, 0) is 0 Å². The zero-order valence-electron chi connectivity index (χ0n) is 13.3. The first-order chi connectivity index (χ1) is 11.0. The first kappa shape index (κ1) is 15.5. The Labute approximate surface area is 134 Å². The standard InChI is InChI=1S/C16H20N4O3/c1-10(2)15-18-14(19-23-15)11-5-4-8-20(9-11)13-7-3-6-12(17-13)16(21)22/h3,6-7,10-11H,4-5,8-9H2,1-2H3,(H,21,22). The zero-order chi connectivity index (χ0) is 16.4. The van der Waals surface area contributed by atoms with E-state index in [1.54, 1.807) is 6.07 Å². The van der Waals surface area contributed by atoms with E-state index < -0.39 is 5.97 Å². The highest BCUT2D eigenvalue weighted by atomic mass is 16.5. The van der Waals surface area contributed by atoms with Gasteiger partial charge in [0.15, 0.2) is 11.5 Å². The molecular formula is C16H20N4O3. The number of pyridine rings is 1. The summed E-state index contributed by atoms with van der Waals surface area (Å²) in [6.07, 6.45) is 1.97. The van der Waals surface area contributed by atoms with Crippen molar-refractivity contribution in [3.05, 3.63) is 35.6 Å². The van der Waals surface area contributed by atoms with E-state index in [2.05, 4.69) is 20.0 Å². The van der Waals surface area contributed by atoms with E-state index in [9.17, 15) is 4.79 Å². The summed E-state index contributed by atoms with van der Waals surface area (Å²) in [7, 11) is 0.